The van der Waals surface area contributed by atoms with Crippen LogP contribution in [0.4, 0.5) is 5.69 Å². The summed E-state index contributed by atoms with van der Waals surface area (Å²) in [5.41, 5.74) is 4.63. The normalized spacial score (nSPS) is 24.6. The monoisotopic (exact) mass is 563 g/mol. The van der Waals surface area contributed by atoms with Gasteiger partial charge in [-0.3, -0.25) is 15.0 Å². The number of imide groups is 1. The lowest BCUT2D eigenvalue weighted by molar-refractivity contribution is -0.138. The zero-order valence-electron chi connectivity index (χ0n) is 23.1. The Morgan fingerprint density at radius 1 is 0.881 bits per heavy atom. The number of nitrogens with one attached hydrogen (secondary N) is 1. The molecule has 2 N–H and O–H groups in total. The number of amides is 2. The summed E-state index contributed by atoms with van der Waals surface area (Å²) in [7, 11) is 1.44. The molecule has 1 aliphatic carbocycles. The fourth-order valence-corrected chi connectivity index (χ4v) is 7.16. The molecule has 1 saturated heterocycles. The van der Waals surface area contributed by atoms with Crippen molar-refractivity contribution in [2.45, 2.75) is 37.3 Å². The summed E-state index contributed by atoms with van der Waals surface area (Å²) in [6, 6.07) is 22.7. The summed E-state index contributed by atoms with van der Waals surface area (Å²) in [5, 5.41) is 11.3. The van der Waals surface area contributed by atoms with Crippen LogP contribution in [-0.2, 0) is 28.6 Å². The van der Waals surface area contributed by atoms with E-state index in [1.807, 2.05) is 67.6 Å². The van der Waals surface area contributed by atoms with Gasteiger partial charge in [-0.25, -0.2) is 23.5 Å². The lowest BCUT2D eigenvalue weighted by Crippen LogP contribution is -2.53. The number of carbonyl (C=O) groups excluding carboxylic acids is 2. The second-order valence-electron chi connectivity index (χ2n) is 11.3. The van der Waals surface area contributed by atoms with Crippen molar-refractivity contribution >= 4 is 17.5 Å². The fraction of sp³-hybridized carbons (Fsp3) is 0.250. The molecule has 2 aliphatic heterocycles. The number of fused-ring (bicyclic) bond motifs is 4. The molecule has 3 heterocycles. The highest BCUT2D eigenvalue weighted by atomic mass is 16.3. The van der Waals surface area contributed by atoms with E-state index in [4.69, 9.17) is 0 Å². The maximum absolute atomic E-state index is 14.9. The lowest BCUT2D eigenvalue weighted by Gasteiger charge is -2.49. The van der Waals surface area contributed by atoms with Gasteiger partial charge in [0.2, 0.25) is 0 Å². The molecule has 0 spiro atoms. The van der Waals surface area contributed by atoms with E-state index in [-0.39, 0.29) is 18.7 Å². The van der Waals surface area contributed by atoms with Crippen LogP contribution in [0.25, 0.3) is 0 Å². The standard InChI is InChI=1S/C32H29N5O5/c1-19-8-12-22(13-9-19)33-36-28(39)25-18-26-24(16-17-35-30(41)34(2)31(42)37(26)35)27(20-10-14-23(38)15-11-20)32(25,29(36)40)21-6-4-3-5-7-21/h3-16,25-27,33,38H,17-18H2,1-2H3/t25-,26+,27-,32+/m0/s1. The number of anilines is 1. The van der Waals surface area contributed by atoms with Gasteiger partial charge in [-0.05, 0) is 54.3 Å². The molecule has 0 unspecified atom stereocenters. The number of benzene rings is 3. The number of hydrogen-bond donors (Lipinski definition) is 2. The van der Waals surface area contributed by atoms with Gasteiger partial charge >= 0.3 is 11.4 Å². The average molecular weight is 564 g/mol. The Bertz CT molecular complexity index is 1880. The third-order valence-electron chi connectivity index (χ3n) is 9.07. The molecule has 2 amide bonds. The second-order valence-corrected chi connectivity index (χ2v) is 11.3. The zero-order chi connectivity index (χ0) is 29.3. The molecule has 212 valence electrons. The van der Waals surface area contributed by atoms with Gasteiger partial charge in [0.15, 0.2) is 0 Å². The number of carbonyl (C=O) groups is 2. The van der Waals surface area contributed by atoms with E-state index in [2.05, 4.69) is 5.43 Å². The van der Waals surface area contributed by atoms with Gasteiger partial charge in [-0.2, -0.15) is 5.01 Å². The molecule has 1 aromatic heterocycles. The van der Waals surface area contributed by atoms with Gasteiger partial charge in [0, 0.05) is 13.0 Å². The number of rotatable bonds is 4. The van der Waals surface area contributed by atoms with E-state index < -0.39 is 46.5 Å². The Labute approximate surface area is 240 Å². The van der Waals surface area contributed by atoms with Crippen molar-refractivity contribution in [2.24, 2.45) is 13.0 Å². The van der Waals surface area contributed by atoms with E-state index in [1.165, 1.54) is 16.4 Å². The van der Waals surface area contributed by atoms with Crippen molar-refractivity contribution in [1.29, 1.82) is 0 Å². The Balaban J connectivity index is 1.49. The molecule has 10 nitrogen and oxygen atoms in total. The summed E-state index contributed by atoms with van der Waals surface area (Å²) >= 11 is 0. The number of hydrogen-bond acceptors (Lipinski definition) is 6. The first kappa shape index (κ1) is 25.8. The van der Waals surface area contributed by atoms with E-state index in [1.54, 1.807) is 24.3 Å². The highest BCUT2D eigenvalue weighted by Gasteiger charge is 2.68. The molecule has 4 atom stereocenters. The van der Waals surface area contributed by atoms with Gasteiger partial charge in [0.05, 0.1) is 29.6 Å². The van der Waals surface area contributed by atoms with Crippen LogP contribution in [0, 0.1) is 12.8 Å². The second kappa shape index (κ2) is 9.20. The van der Waals surface area contributed by atoms with Gasteiger partial charge in [0.1, 0.15) is 5.75 Å². The van der Waals surface area contributed by atoms with Crippen LogP contribution in [0.2, 0.25) is 0 Å². The van der Waals surface area contributed by atoms with Crippen LogP contribution in [0.15, 0.2) is 100 Å². The minimum Gasteiger partial charge on any atom is -0.508 e. The first-order valence-corrected chi connectivity index (χ1v) is 13.9. The predicted molar refractivity (Wildman–Crippen MR) is 155 cm³/mol. The van der Waals surface area contributed by atoms with Crippen LogP contribution in [0.5, 0.6) is 5.75 Å². The number of phenolic OH excluding ortho intramolecular Hbond substituents is 1. The molecule has 2 fully saturated rings. The average Bonchev–Trinajstić information content (AvgIpc) is 3.36. The maximum atomic E-state index is 14.9. The molecule has 3 aliphatic rings. The molecule has 7 rings (SSSR count). The van der Waals surface area contributed by atoms with Gasteiger partial charge in [-0.1, -0.05) is 66.2 Å². The Morgan fingerprint density at radius 3 is 2.26 bits per heavy atom. The number of phenols is 1. The summed E-state index contributed by atoms with van der Waals surface area (Å²) in [6.07, 6.45) is 2.06. The number of allylic oxidation sites excluding steroid dienone is 2. The fourth-order valence-electron chi connectivity index (χ4n) is 7.16. The molecule has 3 aromatic carbocycles. The molecule has 1 saturated carbocycles. The third-order valence-corrected chi connectivity index (χ3v) is 9.07. The number of hydrazine groups is 1. The number of aromatic nitrogens is 3. The number of aromatic hydroxyl groups is 1. The van der Waals surface area contributed by atoms with Crippen LogP contribution in [0.3, 0.4) is 0 Å². The van der Waals surface area contributed by atoms with Gasteiger partial charge in [0.25, 0.3) is 11.8 Å². The van der Waals surface area contributed by atoms with E-state index in [0.717, 1.165) is 26.3 Å². The zero-order valence-corrected chi connectivity index (χ0v) is 23.1. The third kappa shape index (κ3) is 3.44. The summed E-state index contributed by atoms with van der Waals surface area (Å²) in [5.74, 6) is -2.26. The van der Waals surface area contributed by atoms with Crippen LogP contribution in [0.1, 0.15) is 35.1 Å². The van der Waals surface area contributed by atoms with Crippen molar-refractivity contribution in [3.8, 4) is 5.75 Å². The maximum Gasteiger partial charge on any atom is 0.347 e. The summed E-state index contributed by atoms with van der Waals surface area (Å²) in [6.45, 7) is 2.11. The SMILES string of the molecule is Cc1ccc(NN2C(=O)[C@@H]3C[C@@H]4C(=CCn5c(=O)n(C)c(=O)n54)[C@H](c4ccc(O)cc4)[C@]3(c3ccccc3)C2=O)cc1. The van der Waals surface area contributed by atoms with E-state index in [9.17, 15) is 24.3 Å². The Hall–Kier alpha value is -5.12. The lowest BCUT2D eigenvalue weighted by atomic mass is 9.53. The van der Waals surface area contributed by atoms with E-state index >= 15 is 0 Å². The van der Waals surface area contributed by atoms with Crippen LogP contribution in [-0.4, -0.2) is 35.9 Å². The Morgan fingerprint density at radius 2 is 1.57 bits per heavy atom. The number of nitrogens with zero attached hydrogens (tertiary/aromatic N) is 4. The van der Waals surface area contributed by atoms with Crippen molar-refractivity contribution < 1.29 is 14.7 Å². The summed E-state index contributed by atoms with van der Waals surface area (Å²) < 4.78 is 3.90. The van der Waals surface area contributed by atoms with Crippen LogP contribution >= 0.6 is 0 Å². The Kier molecular flexibility index (Phi) is 5.66. The topological polar surface area (TPSA) is 119 Å². The predicted octanol–water partition coefficient (Wildman–Crippen LogP) is 2.98. The van der Waals surface area contributed by atoms with Crippen molar-refractivity contribution in [1.82, 2.24) is 18.9 Å². The minimum atomic E-state index is -1.35. The molecule has 4 aromatic rings. The number of aryl methyl sites for hydroxylation is 1. The first-order valence-electron chi connectivity index (χ1n) is 13.9. The summed E-state index contributed by atoms with van der Waals surface area (Å²) in [4.78, 5) is 55.6. The largest absolute Gasteiger partial charge is 0.508 e. The van der Waals surface area contributed by atoms with E-state index in [0.29, 0.717) is 11.3 Å². The highest BCUT2D eigenvalue weighted by molar-refractivity contribution is 6.12. The molecule has 0 radical (unpaired) electrons. The smallest absolute Gasteiger partial charge is 0.347 e. The van der Waals surface area contributed by atoms with Crippen molar-refractivity contribution in [3.05, 3.63) is 128 Å². The molecular weight excluding hydrogens is 534 g/mol. The first-order chi connectivity index (χ1) is 20.2. The molecule has 10 heteroatoms. The minimum absolute atomic E-state index is 0.0682. The van der Waals surface area contributed by atoms with Gasteiger partial charge in [-0.15, -0.1) is 0 Å². The van der Waals surface area contributed by atoms with Gasteiger partial charge < -0.3 is 5.11 Å². The quantitative estimate of drug-likeness (QED) is 0.291. The van der Waals surface area contributed by atoms with Crippen molar-refractivity contribution in [3.63, 3.8) is 0 Å². The van der Waals surface area contributed by atoms with Crippen LogP contribution < -0.4 is 16.8 Å². The molecule has 42 heavy (non-hydrogen) atoms. The van der Waals surface area contributed by atoms with Crippen molar-refractivity contribution in [2.75, 3.05) is 5.43 Å². The molecular formula is C32H29N5O5. The molecule has 0 bridgehead atoms. The highest BCUT2D eigenvalue weighted by Crippen LogP contribution is 2.61.